The van der Waals surface area contributed by atoms with Gasteiger partial charge in [0.2, 0.25) is 0 Å². The first-order valence-corrected chi connectivity index (χ1v) is 5.86. The minimum absolute atomic E-state index is 0.216. The predicted molar refractivity (Wildman–Crippen MR) is 68.2 cm³/mol. The molecule has 0 aliphatic heterocycles. The van der Waals surface area contributed by atoms with E-state index in [9.17, 15) is 0 Å². The highest BCUT2D eigenvalue weighted by Gasteiger charge is 2.08. The number of para-hydroxylation sites is 1. The summed E-state index contributed by atoms with van der Waals surface area (Å²) in [5.41, 5.74) is 0.216. The molecule has 2 aromatic rings. The van der Waals surface area contributed by atoms with Crippen molar-refractivity contribution >= 4 is 27.5 Å². The molecular formula is C12H6BrClN2O. The molecule has 0 spiro atoms. The summed E-state index contributed by atoms with van der Waals surface area (Å²) in [6, 6.07) is 10.7. The van der Waals surface area contributed by atoms with Crippen LogP contribution in [-0.4, -0.2) is 4.98 Å². The van der Waals surface area contributed by atoms with Crippen LogP contribution in [0.3, 0.4) is 0 Å². The molecule has 0 N–H and O–H groups in total. The van der Waals surface area contributed by atoms with E-state index in [0.717, 1.165) is 4.47 Å². The summed E-state index contributed by atoms with van der Waals surface area (Å²) in [5.74, 6) is 0.862. The Morgan fingerprint density at radius 1 is 1.29 bits per heavy atom. The normalized spacial score (nSPS) is 9.71. The quantitative estimate of drug-likeness (QED) is 0.836. The number of ether oxygens (including phenoxy) is 1. The van der Waals surface area contributed by atoms with Crippen molar-refractivity contribution in [2.45, 2.75) is 0 Å². The lowest BCUT2D eigenvalue weighted by Crippen LogP contribution is -1.91. The molecule has 0 unspecified atom stereocenters. The molecule has 5 heteroatoms. The van der Waals surface area contributed by atoms with Crippen molar-refractivity contribution in [3.63, 3.8) is 0 Å². The molecule has 0 saturated carbocycles. The number of pyridine rings is 1. The number of halogens is 2. The Morgan fingerprint density at radius 2 is 2.06 bits per heavy atom. The zero-order valence-electron chi connectivity index (χ0n) is 8.52. The molecule has 0 bridgehead atoms. The van der Waals surface area contributed by atoms with E-state index in [0.29, 0.717) is 16.5 Å². The van der Waals surface area contributed by atoms with Gasteiger partial charge >= 0.3 is 0 Å². The van der Waals surface area contributed by atoms with Gasteiger partial charge in [-0.25, -0.2) is 4.98 Å². The zero-order chi connectivity index (χ0) is 12.3. The summed E-state index contributed by atoms with van der Waals surface area (Å²) in [5, 5.41) is 9.40. The third-order valence-corrected chi connectivity index (χ3v) is 2.73. The number of nitriles is 1. The van der Waals surface area contributed by atoms with Crippen molar-refractivity contribution in [1.82, 2.24) is 4.98 Å². The van der Waals surface area contributed by atoms with E-state index in [1.54, 1.807) is 30.3 Å². The molecule has 0 aliphatic carbocycles. The van der Waals surface area contributed by atoms with Gasteiger partial charge in [-0.1, -0.05) is 23.7 Å². The van der Waals surface area contributed by atoms with Crippen LogP contribution < -0.4 is 4.74 Å². The van der Waals surface area contributed by atoms with Crippen molar-refractivity contribution < 1.29 is 4.74 Å². The Hall–Kier alpha value is -1.57. The van der Waals surface area contributed by atoms with Gasteiger partial charge in [-0.15, -0.1) is 0 Å². The smallest absolute Gasteiger partial charge is 0.183 e. The summed E-state index contributed by atoms with van der Waals surface area (Å²) >= 11 is 9.24. The molecule has 0 atom stereocenters. The number of nitrogens with zero attached hydrogens (tertiary/aromatic N) is 2. The summed E-state index contributed by atoms with van der Waals surface area (Å²) in [4.78, 5) is 3.95. The van der Waals surface area contributed by atoms with Crippen molar-refractivity contribution in [2.24, 2.45) is 0 Å². The van der Waals surface area contributed by atoms with Gasteiger partial charge in [-0.05, 0) is 34.1 Å². The van der Waals surface area contributed by atoms with Crippen LogP contribution in [-0.2, 0) is 0 Å². The fourth-order valence-corrected chi connectivity index (χ4v) is 1.71. The summed E-state index contributed by atoms with van der Waals surface area (Å²) in [6.07, 6.45) is 1.54. The topological polar surface area (TPSA) is 45.9 Å². The van der Waals surface area contributed by atoms with E-state index < -0.39 is 0 Å². The lowest BCUT2D eigenvalue weighted by molar-refractivity contribution is 0.478. The fourth-order valence-electron chi connectivity index (χ4n) is 1.23. The average molecular weight is 310 g/mol. The first-order chi connectivity index (χ1) is 8.20. The third-order valence-electron chi connectivity index (χ3n) is 1.98. The maximum absolute atomic E-state index is 8.92. The van der Waals surface area contributed by atoms with Gasteiger partial charge in [0.25, 0.3) is 0 Å². The summed E-state index contributed by atoms with van der Waals surface area (Å²) in [7, 11) is 0. The fraction of sp³-hybridized carbons (Fsp3) is 0. The van der Waals surface area contributed by atoms with Gasteiger partial charge in [-0.2, -0.15) is 5.26 Å². The number of aromatic nitrogens is 1. The van der Waals surface area contributed by atoms with Gasteiger partial charge < -0.3 is 4.74 Å². The van der Waals surface area contributed by atoms with E-state index in [1.165, 1.54) is 6.20 Å². The van der Waals surface area contributed by atoms with Crippen molar-refractivity contribution in [3.8, 4) is 17.6 Å². The van der Waals surface area contributed by atoms with Crippen LogP contribution in [0, 0.1) is 11.3 Å². The van der Waals surface area contributed by atoms with Crippen LogP contribution in [0.15, 0.2) is 41.0 Å². The minimum atomic E-state index is 0.216. The first kappa shape index (κ1) is 11.9. The van der Waals surface area contributed by atoms with Crippen LogP contribution in [0.5, 0.6) is 11.5 Å². The van der Waals surface area contributed by atoms with Crippen molar-refractivity contribution in [2.75, 3.05) is 0 Å². The van der Waals surface area contributed by atoms with Crippen molar-refractivity contribution in [3.05, 3.63) is 51.7 Å². The second kappa shape index (κ2) is 5.17. The average Bonchev–Trinajstić information content (AvgIpc) is 2.32. The first-order valence-electron chi connectivity index (χ1n) is 4.69. The molecule has 84 valence electrons. The molecule has 0 aliphatic rings. The third kappa shape index (κ3) is 2.76. The highest BCUT2D eigenvalue weighted by atomic mass is 79.9. The Kier molecular flexibility index (Phi) is 3.62. The maximum atomic E-state index is 8.92. The van der Waals surface area contributed by atoms with Crippen LogP contribution in [0.25, 0.3) is 0 Å². The minimum Gasteiger partial charge on any atom is -0.453 e. The standard InChI is InChI=1S/C12H6BrClN2O/c13-8-5-12(10(6-15)16-7-8)17-11-4-2-1-3-9(11)14/h1-5,7H. The molecule has 0 radical (unpaired) electrons. The molecule has 1 aromatic carbocycles. The van der Waals surface area contributed by atoms with Crippen LogP contribution >= 0.6 is 27.5 Å². The molecule has 17 heavy (non-hydrogen) atoms. The van der Waals surface area contributed by atoms with Gasteiger partial charge in [-0.3, -0.25) is 0 Å². The monoisotopic (exact) mass is 308 g/mol. The molecule has 0 fully saturated rings. The Labute approximate surface area is 112 Å². The Morgan fingerprint density at radius 3 is 2.76 bits per heavy atom. The second-order valence-electron chi connectivity index (χ2n) is 3.14. The molecular weight excluding hydrogens is 304 g/mol. The maximum Gasteiger partial charge on any atom is 0.183 e. The number of hydrogen-bond donors (Lipinski definition) is 0. The SMILES string of the molecule is N#Cc1ncc(Br)cc1Oc1ccccc1Cl. The van der Waals surface area contributed by atoms with E-state index in [4.69, 9.17) is 21.6 Å². The van der Waals surface area contributed by atoms with Gasteiger partial charge in [0.1, 0.15) is 11.8 Å². The molecule has 1 heterocycles. The number of benzene rings is 1. The zero-order valence-corrected chi connectivity index (χ0v) is 10.9. The molecule has 1 aromatic heterocycles. The molecule has 2 rings (SSSR count). The van der Waals surface area contributed by atoms with E-state index >= 15 is 0 Å². The molecule has 0 amide bonds. The van der Waals surface area contributed by atoms with Crippen LogP contribution in [0.1, 0.15) is 5.69 Å². The number of rotatable bonds is 2. The van der Waals surface area contributed by atoms with Crippen molar-refractivity contribution in [1.29, 1.82) is 5.26 Å². The Balaban J connectivity index is 2.40. The van der Waals surface area contributed by atoms with Gasteiger partial charge in [0.15, 0.2) is 11.4 Å². The van der Waals surface area contributed by atoms with Gasteiger partial charge in [0.05, 0.1) is 5.02 Å². The molecule has 0 saturated heterocycles. The summed E-state index contributed by atoms with van der Waals surface area (Å²) < 4.78 is 6.30. The molecule has 3 nitrogen and oxygen atoms in total. The largest absolute Gasteiger partial charge is 0.453 e. The Bertz CT molecular complexity index is 595. The van der Waals surface area contributed by atoms with E-state index in [-0.39, 0.29) is 5.69 Å². The summed E-state index contributed by atoms with van der Waals surface area (Å²) in [6.45, 7) is 0. The lowest BCUT2D eigenvalue weighted by Gasteiger charge is -2.08. The highest BCUT2D eigenvalue weighted by molar-refractivity contribution is 9.10. The van der Waals surface area contributed by atoms with E-state index in [1.807, 2.05) is 6.07 Å². The predicted octanol–water partition coefficient (Wildman–Crippen LogP) is 4.16. The van der Waals surface area contributed by atoms with E-state index in [2.05, 4.69) is 20.9 Å². The number of hydrogen-bond acceptors (Lipinski definition) is 3. The second-order valence-corrected chi connectivity index (χ2v) is 4.47. The van der Waals surface area contributed by atoms with Crippen LogP contribution in [0.4, 0.5) is 0 Å². The van der Waals surface area contributed by atoms with Gasteiger partial charge in [0, 0.05) is 10.7 Å². The highest BCUT2D eigenvalue weighted by Crippen LogP contribution is 2.31. The lowest BCUT2D eigenvalue weighted by atomic mass is 10.3. The van der Waals surface area contributed by atoms with Crippen LogP contribution in [0.2, 0.25) is 5.02 Å².